The van der Waals surface area contributed by atoms with Crippen molar-refractivity contribution in [1.82, 2.24) is 5.32 Å². The number of nitrogens with one attached hydrogen (secondary N) is 1. The summed E-state index contributed by atoms with van der Waals surface area (Å²) in [5, 5.41) is 3.56. The first-order valence-electron chi connectivity index (χ1n) is 7.53. The van der Waals surface area contributed by atoms with E-state index in [-0.39, 0.29) is 6.10 Å². The van der Waals surface area contributed by atoms with E-state index in [9.17, 15) is 0 Å². The molecule has 1 saturated carbocycles. The fraction of sp³-hybridized carbons (Fsp3) is 0.647. The molecule has 0 aromatic heterocycles. The molecule has 1 aromatic rings. The van der Waals surface area contributed by atoms with Crippen LogP contribution in [0.15, 0.2) is 24.3 Å². The van der Waals surface area contributed by atoms with Gasteiger partial charge in [0.25, 0.3) is 0 Å². The highest BCUT2D eigenvalue weighted by Gasteiger charge is 2.37. The van der Waals surface area contributed by atoms with Crippen LogP contribution in [0.3, 0.4) is 0 Å². The second-order valence-electron chi connectivity index (χ2n) is 6.39. The molecule has 0 saturated heterocycles. The lowest BCUT2D eigenvalue weighted by molar-refractivity contribution is 0.242. The van der Waals surface area contributed by atoms with Gasteiger partial charge in [0, 0.05) is 0 Å². The molecule has 106 valence electrons. The standard InChI is InChI=1S/C17H27NO/c1-12(2)10-18-11-15-9-17(15)14-6-5-7-16(8-14)19-13(3)4/h5-8,12-13,15,17-18H,9-11H2,1-4H3. The van der Waals surface area contributed by atoms with Crippen molar-refractivity contribution in [3.05, 3.63) is 29.8 Å². The first kappa shape index (κ1) is 14.4. The SMILES string of the molecule is CC(C)CNCC1CC1c1cccc(OC(C)C)c1. The summed E-state index contributed by atoms with van der Waals surface area (Å²) in [7, 11) is 0. The van der Waals surface area contributed by atoms with Gasteiger partial charge in [-0.3, -0.25) is 0 Å². The van der Waals surface area contributed by atoms with E-state index in [1.165, 1.54) is 12.0 Å². The minimum atomic E-state index is 0.248. The van der Waals surface area contributed by atoms with Crippen molar-refractivity contribution >= 4 is 0 Å². The summed E-state index contributed by atoms with van der Waals surface area (Å²) in [5.74, 6) is 3.29. The first-order valence-corrected chi connectivity index (χ1v) is 7.53. The molecule has 2 heteroatoms. The van der Waals surface area contributed by atoms with Gasteiger partial charge in [0.1, 0.15) is 5.75 Å². The van der Waals surface area contributed by atoms with Gasteiger partial charge in [-0.15, -0.1) is 0 Å². The normalized spacial score (nSPS) is 22.0. The third-order valence-corrected chi connectivity index (χ3v) is 3.54. The Labute approximate surface area is 117 Å². The van der Waals surface area contributed by atoms with Crippen molar-refractivity contribution in [3.8, 4) is 5.75 Å². The molecule has 1 aromatic carbocycles. The Hall–Kier alpha value is -1.02. The predicted molar refractivity (Wildman–Crippen MR) is 80.8 cm³/mol. The van der Waals surface area contributed by atoms with E-state index < -0.39 is 0 Å². The highest BCUT2D eigenvalue weighted by Crippen LogP contribution is 2.47. The number of ether oxygens (including phenoxy) is 1. The third-order valence-electron chi connectivity index (χ3n) is 3.54. The largest absolute Gasteiger partial charge is 0.491 e. The highest BCUT2D eigenvalue weighted by atomic mass is 16.5. The van der Waals surface area contributed by atoms with Gasteiger partial charge >= 0.3 is 0 Å². The molecule has 0 radical (unpaired) electrons. The molecular weight excluding hydrogens is 234 g/mol. The molecule has 0 heterocycles. The summed E-state index contributed by atoms with van der Waals surface area (Å²) < 4.78 is 5.77. The second-order valence-corrected chi connectivity index (χ2v) is 6.39. The molecule has 1 aliphatic rings. The van der Waals surface area contributed by atoms with Gasteiger partial charge in [0.2, 0.25) is 0 Å². The lowest BCUT2D eigenvalue weighted by atomic mass is 10.1. The van der Waals surface area contributed by atoms with Crippen LogP contribution < -0.4 is 10.1 Å². The topological polar surface area (TPSA) is 21.3 Å². The second kappa shape index (κ2) is 6.42. The van der Waals surface area contributed by atoms with Crippen LogP contribution >= 0.6 is 0 Å². The van der Waals surface area contributed by atoms with Crippen molar-refractivity contribution in [2.45, 2.75) is 46.1 Å². The van der Waals surface area contributed by atoms with Crippen LogP contribution in [-0.4, -0.2) is 19.2 Å². The fourth-order valence-electron chi connectivity index (χ4n) is 2.53. The molecule has 19 heavy (non-hydrogen) atoms. The van der Waals surface area contributed by atoms with E-state index in [0.29, 0.717) is 0 Å². The maximum absolute atomic E-state index is 5.77. The number of hydrogen-bond acceptors (Lipinski definition) is 2. The molecule has 0 amide bonds. The smallest absolute Gasteiger partial charge is 0.119 e. The number of rotatable bonds is 7. The van der Waals surface area contributed by atoms with E-state index in [2.05, 4.69) is 57.3 Å². The first-order chi connectivity index (χ1) is 9.06. The Morgan fingerprint density at radius 1 is 1.26 bits per heavy atom. The molecule has 2 rings (SSSR count). The Morgan fingerprint density at radius 3 is 2.74 bits per heavy atom. The van der Waals surface area contributed by atoms with E-state index >= 15 is 0 Å². The number of benzene rings is 1. The zero-order valence-electron chi connectivity index (χ0n) is 12.6. The maximum Gasteiger partial charge on any atom is 0.119 e. The summed E-state index contributed by atoms with van der Waals surface area (Å²) in [6.07, 6.45) is 1.56. The van der Waals surface area contributed by atoms with Gasteiger partial charge in [0.05, 0.1) is 6.10 Å². The summed E-state index contributed by atoms with van der Waals surface area (Å²) >= 11 is 0. The fourth-order valence-corrected chi connectivity index (χ4v) is 2.53. The van der Waals surface area contributed by atoms with Gasteiger partial charge in [-0.1, -0.05) is 26.0 Å². The van der Waals surface area contributed by atoms with Crippen LogP contribution in [0.4, 0.5) is 0 Å². The summed E-state index contributed by atoms with van der Waals surface area (Å²) in [6, 6.07) is 8.62. The van der Waals surface area contributed by atoms with E-state index in [4.69, 9.17) is 4.74 Å². The molecular formula is C17H27NO. The van der Waals surface area contributed by atoms with Crippen LogP contribution in [0.5, 0.6) is 5.75 Å². The zero-order chi connectivity index (χ0) is 13.8. The Bertz CT molecular complexity index is 400. The van der Waals surface area contributed by atoms with Crippen molar-refractivity contribution in [3.63, 3.8) is 0 Å². The van der Waals surface area contributed by atoms with Crippen LogP contribution in [-0.2, 0) is 0 Å². The average molecular weight is 261 g/mol. The van der Waals surface area contributed by atoms with Crippen LogP contribution in [0.25, 0.3) is 0 Å². The average Bonchev–Trinajstić information content (AvgIpc) is 3.07. The van der Waals surface area contributed by atoms with Crippen molar-refractivity contribution < 1.29 is 4.74 Å². The van der Waals surface area contributed by atoms with E-state index in [1.807, 2.05) is 0 Å². The molecule has 2 nitrogen and oxygen atoms in total. The monoisotopic (exact) mass is 261 g/mol. The van der Waals surface area contributed by atoms with E-state index in [0.717, 1.165) is 36.6 Å². The number of hydrogen-bond donors (Lipinski definition) is 1. The summed E-state index contributed by atoms with van der Waals surface area (Å²) in [4.78, 5) is 0. The molecule has 0 aliphatic heterocycles. The molecule has 0 spiro atoms. The molecule has 0 bridgehead atoms. The molecule has 1 fully saturated rings. The van der Waals surface area contributed by atoms with Crippen LogP contribution in [0, 0.1) is 11.8 Å². The van der Waals surface area contributed by atoms with Crippen LogP contribution in [0.1, 0.15) is 45.6 Å². The lowest BCUT2D eigenvalue weighted by Crippen LogP contribution is -2.22. The summed E-state index contributed by atoms with van der Waals surface area (Å²) in [6.45, 7) is 10.9. The predicted octanol–water partition coefficient (Wildman–Crippen LogP) is 3.82. The molecule has 2 atom stereocenters. The zero-order valence-corrected chi connectivity index (χ0v) is 12.6. The lowest BCUT2D eigenvalue weighted by Gasteiger charge is -2.11. The Morgan fingerprint density at radius 2 is 2.05 bits per heavy atom. The maximum atomic E-state index is 5.77. The Balaban J connectivity index is 1.83. The third kappa shape index (κ3) is 4.54. The molecule has 1 N–H and O–H groups in total. The van der Waals surface area contributed by atoms with Crippen molar-refractivity contribution in [2.75, 3.05) is 13.1 Å². The van der Waals surface area contributed by atoms with E-state index in [1.54, 1.807) is 0 Å². The van der Waals surface area contributed by atoms with Crippen molar-refractivity contribution in [2.24, 2.45) is 11.8 Å². The molecule has 1 aliphatic carbocycles. The molecule has 2 unspecified atom stereocenters. The van der Waals surface area contributed by atoms with Crippen molar-refractivity contribution in [1.29, 1.82) is 0 Å². The Kier molecular flexibility index (Phi) is 4.87. The highest BCUT2D eigenvalue weighted by molar-refractivity contribution is 5.34. The van der Waals surface area contributed by atoms with Crippen LogP contribution in [0.2, 0.25) is 0 Å². The minimum Gasteiger partial charge on any atom is -0.491 e. The van der Waals surface area contributed by atoms with Gasteiger partial charge in [-0.25, -0.2) is 0 Å². The quantitative estimate of drug-likeness (QED) is 0.805. The minimum absolute atomic E-state index is 0.248. The van der Waals surface area contributed by atoms with Gasteiger partial charge < -0.3 is 10.1 Å². The summed E-state index contributed by atoms with van der Waals surface area (Å²) in [5.41, 5.74) is 1.44. The van der Waals surface area contributed by atoms with Gasteiger partial charge in [0.15, 0.2) is 0 Å². The van der Waals surface area contributed by atoms with Gasteiger partial charge in [-0.05, 0) is 68.8 Å². The van der Waals surface area contributed by atoms with Gasteiger partial charge in [-0.2, -0.15) is 0 Å².